The van der Waals surface area contributed by atoms with Crippen molar-refractivity contribution in [2.75, 3.05) is 23.7 Å². The van der Waals surface area contributed by atoms with Crippen molar-refractivity contribution in [3.8, 4) is 0 Å². The molecule has 19 heavy (non-hydrogen) atoms. The second-order valence-electron chi connectivity index (χ2n) is 5.15. The molecule has 1 unspecified atom stereocenters. The molecule has 5 heteroatoms. The van der Waals surface area contributed by atoms with Gasteiger partial charge >= 0.3 is 5.97 Å². The van der Waals surface area contributed by atoms with Gasteiger partial charge in [0.2, 0.25) is 0 Å². The van der Waals surface area contributed by atoms with Gasteiger partial charge < -0.3 is 20.8 Å². The number of hydrogen-bond donors (Lipinski definition) is 3. The van der Waals surface area contributed by atoms with Crippen LogP contribution in [-0.2, 0) is 0 Å². The van der Waals surface area contributed by atoms with E-state index in [4.69, 9.17) is 5.73 Å². The van der Waals surface area contributed by atoms with Crippen molar-refractivity contribution >= 4 is 17.3 Å². The normalized spacial score (nSPS) is 18.3. The van der Waals surface area contributed by atoms with Crippen molar-refractivity contribution in [3.63, 3.8) is 0 Å². The number of anilines is 2. The highest BCUT2D eigenvalue weighted by molar-refractivity contribution is 5.95. The third-order valence-corrected chi connectivity index (χ3v) is 3.81. The van der Waals surface area contributed by atoms with Crippen LogP contribution >= 0.6 is 0 Å². The minimum absolute atomic E-state index is 0.246. The summed E-state index contributed by atoms with van der Waals surface area (Å²) in [5, 5.41) is 18.8. The van der Waals surface area contributed by atoms with Crippen molar-refractivity contribution in [3.05, 3.63) is 23.8 Å². The number of aliphatic hydroxyl groups excluding tert-OH is 1. The van der Waals surface area contributed by atoms with E-state index >= 15 is 0 Å². The van der Waals surface area contributed by atoms with Gasteiger partial charge in [0, 0.05) is 18.8 Å². The smallest absolute Gasteiger partial charge is 0.337 e. The molecule has 5 nitrogen and oxygen atoms in total. The van der Waals surface area contributed by atoms with Gasteiger partial charge in [-0.05, 0) is 43.9 Å². The molecule has 1 aromatic rings. The van der Waals surface area contributed by atoms with Gasteiger partial charge in [0.1, 0.15) is 0 Å². The molecule has 4 N–H and O–H groups in total. The van der Waals surface area contributed by atoms with Crippen LogP contribution in [0.2, 0.25) is 0 Å². The number of aliphatic hydroxyl groups is 1. The number of carboxylic acids is 1. The number of nitrogen functional groups attached to an aromatic ring is 1. The summed E-state index contributed by atoms with van der Waals surface area (Å²) < 4.78 is 0. The maximum atomic E-state index is 11.3. The fourth-order valence-corrected chi connectivity index (χ4v) is 2.62. The van der Waals surface area contributed by atoms with Crippen LogP contribution in [0.25, 0.3) is 0 Å². The van der Waals surface area contributed by atoms with Crippen LogP contribution in [0.3, 0.4) is 0 Å². The number of hydrogen-bond acceptors (Lipinski definition) is 4. The molecule has 0 bridgehead atoms. The first kappa shape index (κ1) is 13.7. The third kappa shape index (κ3) is 2.98. The maximum absolute atomic E-state index is 11.3. The Bertz CT molecular complexity index is 466. The Hall–Kier alpha value is -1.75. The van der Waals surface area contributed by atoms with Crippen LogP contribution in [0.15, 0.2) is 18.2 Å². The van der Waals surface area contributed by atoms with E-state index in [1.54, 1.807) is 12.1 Å². The summed E-state index contributed by atoms with van der Waals surface area (Å²) in [6.45, 7) is 3.34. The molecule has 0 saturated carbocycles. The molecular formula is C14H20N2O3. The van der Waals surface area contributed by atoms with E-state index in [2.05, 4.69) is 4.90 Å². The number of rotatable bonds is 3. The minimum Gasteiger partial charge on any atom is -0.478 e. The first-order chi connectivity index (χ1) is 8.99. The lowest BCUT2D eigenvalue weighted by molar-refractivity contribution is 0.0696. The zero-order chi connectivity index (χ0) is 14.0. The molecule has 0 aliphatic carbocycles. The lowest BCUT2D eigenvalue weighted by Gasteiger charge is -2.35. The largest absolute Gasteiger partial charge is 0.478 e. The number of piperidine rings is 1. The van der Waals surface area contributed by atoms with E-state index < -0.39 is 5.97 Å². The summed E-state index contributed by atoms with van der Waals surface area (Å²) in [5.41, 5.74) is 7.06. The zero-order valence-electron chi connectivity index (χ0n) is 11.0. The SMILES string of the molecule is CC(O)C1CCN(c2ccc(N)cc2C(=O)O)CC1. The summed E-state index contributed by atoms with van der Waals surface area (Å²) in [6, 6.07) is 4.99. The third-order valence-electron chi connectivity index (χ3n) is 3.81. The van der Waals surface area contributed by atoms with Gasteiger partial charge in [-0.3, -0.25) is 0 Å². The molecular weight excluding hydrogens is 244 g/mol. The Morgan fingerprint density at radius 2 is 2.05 bits per heavy atom. The molecule has 104 valence electrons. The van der Waals surface area contributed by atoms with Crippen LogP contribution in [0.1, 0.15) is 30.1 Å². The van der Waals surface area contributed by atoms with E-state index in [0.717, 1.165) is 25.9 Å². The Kier molecular flexibility index (Phi) is 3.95. The Morgan fingerprint density at radius 1 is 1.42 bits per heavy atom. The van der Waals surface area contributed by atoms with Crippen molar-refractivity contribution in [2.45, 2.75) is 25.9 Å². The van der Waals surface area contributed by atoms with E-state index in [-0.39, 0.29) is 11.7 Å². The van der Waals surface area contributed by atoms with E-state index in [0.29, 0.717) is 17.3 Å². The molecule has 1 atom stereocenters. The Labute approximate surface area is 112 Å². The van der Waals surface area contributed by atoms with Crippen molar-refractivity contribution in [1.82, 2.24) is 0 Å². The first-order valence-electron chi connectivity index (χ1n) is 6.55. The Balaban J connectivity index is 2.17. The molecule has 1 heterocycles. The fraction of sp³-hybridized carbons (Fsp3) is 0.500. The van der Waals surface area contributed by atoms with Gasteiger partial charge in [-0.1, -0.05) is 0 Å². The van der Waals surface area contributed by atoms with Crippen molar-refractivity contribution < 1.29 is 15.0 Å². The lowest BCUT2D eigenvalue weighted by Crippen LogP contribution is -2.37. The van der Waals surface area contributed by atoms with Gasteiger partial charge in [-0.15, -0.1) is 0 Å². The lowest BCUT2D eigenvalue weighted by atomic mass is 9.91. The Morgan fingerprint density at radius 3 is 2.58 bits per heavy atom. The number of nitrogens with zero attached hydrogens (tertiary/aromatic N) is 1. The monoisotopic (exact) mass is 264 g/mol. The van der Waals surface area contributed by atoms with Gasteiger partial charge in [0.15, 0.2) is 0 Å². The van der Waals surface area contributed by atoms with E-state index in [9.17, 15) is 15.0 Å². The average molecular weight is 264 g/mol. The molecule has 0 spiro atoms. The predicted octanol–water partition coefficient (Wildman–Crippen LogP) is 1.56. The average Bonchev–Trinajstić information content (AvgIpc) is 2.38. The molecule has 1 aliphatic heterocycles. The minimum atomic E-state index is -0.958. The maximum Gasteiger partial charge on any atom is 0.337 e. The summed E-state index contributed by atoms with van der Waals surface area (Å²) in [5.74, 6) is -0.654. The highest BCUT2D eigenvalue weighted by Crippen LogP contribution is 2.29. The van der Waals surface area contributed by atoms with Crippen LogP contribution in [0.4, 0.5) is 11.4 Å². The first-order valence-corrected chi connectivity index (χ1v) is 6.55. The molecule has 1 saturated heterocycles. The highest BCUT2D eigenvalue weighted by Gasteiger charge is 2.25. The standard InChI is InChI=1S/C14H20N2O3/c1-9(17)10-4-6-16(7-5-10)13-3-2-11(15)8-12(13)14(18)19/h2-3,8-10,17H,4-7,15H2,1H3,(H,18,19). The van der Waals surface area contributed by atoms with Crippen molar-refractivity contribution in [1.29, 1.82) is 0 Å². The number of carboxylic acid groups (broad SMARTS) is 1. The van der Waals surface area contributed by atoms with Crippen LogP contribution in [0, 0.1) is 5.92 Å². The van der Waals surface area contributed by atoms with Gasteiger partial charge in [-0.25, -0.2) is 4.79 Å². The van der Waals surface area contributed by atoms with Gasteiger partial charge in [0.25, 0.3) is 0 Å². The molecule has 0 aromatic heterocycles. The van der Waals surface area contributed by atoms with E-state index in [1.807, 2.05) is 6.92 Å². The van der Waals surface area contributed by atoms with Gasteiger partial charge in [-0.2, -0.15) is 0 Å². The molecule has 0 radical (unpaired) electrons. The number of aromatic carboxylic acids is 1. The molecule has 0 amide bonds. The molecule has 1 aromatic carbocycles. The molecule has 2 rings (SSSR count). The highest BCUT2D eigenvalue weighted by atomic mass is 16.4. The second kappa shape index (κ2) is 5.48. The summed E-state index contributed by atoms with van der Waals surface area (Å²) >= 11 is 0. The zero-order valence-corrected chi connectivity index (χ0v) is 11.0. The number of carbonyl (C=O) groups is 1. The summed E-state index contributed by atoms with van der Waals surface area (Å²) in [7, 11) is 0. The molecule has 1 fully saturated rings. The summed E-state index contributed by atoms with van der Waals surface area (Å²) in [4.78, 5) is 13.3. The summed E-state index contributed by atoms with van der Waals surface area (Å²) in [6.07, 6.45) is 1.45. The van der Waals surface area contributed by atoms with Crippen LogP contribution in [0.5, 0.6) is 0 Å². The van der Waals surface area contributed by atoms with E-state index in [1.165, 1.54) is 6.07 Å². The quantitative estimate of drug-likeness (QED) is 0.721. The predicted molar refractivity (Wildman–Crippen MR) is 74.4 cm³/mol. The van der Waals surface area contributed by atoms with Crippen LogP contribution < -0.4 is 10.6 Å². The number of benzene rings is 1. The number of nitrogens with two attached hydrogens (primary N) is 1. The molecule has 1 aliphatic rings. The second-order valence-corrected chi connectivity index (χ2v) is 5.15. The van der Waals surface area contributed by atoms with Crippen LogP contribution in [-0.4, -0.2) is 35.4 Å². The van der Waals surface area contributed by atoms with Crippen molar-refractivity contribution in [2.24, 2.45) is 5.92 Å². The fourth-order valence-electron chi connectivity index (χ4n) is 2.62. The topological polar surface area (TPSA) is 86.8 Å². The van der Waals surface area contributed by atoms with Gasteiger partial charge in [0.05, 0.1) is 17.4 Å².